The van der Waals surface area contributed by atoms with Crippen LogP contribution in [0.4, 0.5) is 0 Å². The summed E-state index contributed by atoms with van der Waals surface area (Å²) in [6.07, 6.45) is 0. The van der Waals surface area contributed by atoms with Gasteiger partial charge in [-0.25, -0.2) is 0 Å². The topological polar surface area (TPSA) is 43.4 Å². The minimum atomic E-state index is -3.27. The minimum Gasteiger partial charge on any atom is -0.437 e. The largest absolute Gasteiger partial charge is 0.437 e. The van der Waals surface area contributed by atoms with Crippen molar-refractivity contribution in [3.8, 4) is 5.75 Å². The quantitative estimate of drug-likeness (QED) is 0.518. The number of hydrogen-bond donors (Lipinski definition) is 0. The van der Waals surface area contributed by atoms with E-state index in [1.54, 1.807) is 48.5 Å². The van der Waals surface area contributed by atoms with Crippen LogP contribution >= 0.6 is 7.37 Å². The van der Waals surface area contributed by atoms with Crippen LogP contribution in [0.1, 0.15) is 17.3 Å². The van der Waals surface area contributed by atoms with Gasteiger partial charge in [-0.1, -0.05) is 36.4 Å². The van der Waals surface area contributed by atoms with Crippen molar-refractivity contribution < 1.29 is 13.9 Å². The number of carbonyl (C=O) groups excluding carboxylic acids is 1. The Morgan fingerprint density at radius 3 is 1.62 bits per heavy atom. The highest BCUT2D eigenvalue weighted by molar-refractivity contribution is 7.74. The molecule has 0 atom stereocenters. The zero-order chi connectivity index (χ0) is 17.0. The van der Waals surface area contributed by atoms with E-state index in [1.807, 2.05) is 36.4 Å². The minimum absolute atomic E-state index is 0.0177. The maximum atomic E-state index is 13.7. The van der Waals surface area contributed by atoms with Gasteiger partial charge in [0, 0.05) is 5.56 Å². The van der Waals surface area contributed by atoms with Crippen molar-refractivity contribution in [3.05, 3.63) is 90.5 Å². The molecule has 3 aromatic carbocycles. The number of rotatable bonds is 5. The molecule has 3 aromatic rings. The molecule has 0 saturated heterocycles. The summed E-state index contributed by atoms with van der Waals surface area (Å²) in [5.41, 5.74) is 0.594. The highest BCUT2D eigenvalue weighted by Gasteiger charge is 2.29. The Morgan fingerprint density at radius 1 is 0.750 bits per heavy atom. The van der Waals surface area contributed by atoms with Gasteiger partial charge in [0.2, 0.25) is 0 Å². The highest BCUT2D eigenvalue weighted by atomic mass is 31.2. The van der Waals surface area contributed by atoms with Gasteiger partial charge in [0.25, 0.3) is 0 Å². The van der Waals surface area contributed by atoms with Gasteiger partial charge in [-0.3, -0.25) is 9.36 Å². The first kappa shape index (κ1) is 16.2. The summed E-state index contributed by atoms with van der Waals surface area (Å²) >= 11 is 0. The van der Waals surface area contributed by atoms with E-state index in [9.17, 15) is 9.36 Å². The Bertz CT molecular complexity index is 828. The lowest BCUT2D eigenvalue weighted by Crippen LogP contribution is -2.20. The summed E-state index contributed by atoms with van der Waals surface area (Å²) < 4.78 is 19.7. The van der Waals surface area contributed by atoms with Crippen LogP contribution in [0, 0.1) is 0 Å². The lowest BCUT2D eigenvalue weighted by Gasteiger charge is -2.20. The molecule has 0 aromatic heterocycles. The molecule has 120 valence electrons. The monoisotopic (exact) mass is 336 g/mol. The molecule has 0 bridgehead atoms. The van der Waals surface area contributed by atoms with E-state index >= 15 is 0 Å². The Balaban J connectivity index is 2.03. The molecular weight excluding hydrogens is 319 g/mol. The molecular formula is C20H17O3P. The first-order valence-electron chi connectivity index (χ1n) is 7.61. The predicted molar refractivity (Wildman–Crippen MR) is 96.8 cm³/mol. The van der Waals surface area contributed by atoms with E-state index in [4.69, 9.17) is 4.52 Å². The summed E-state index contributed by atoms with van der Waals surface area (Å²) in [7, 11) is -3.27. The van der Waals surface area contributed by atoms with Gasteiger partial charge >= 0.3 is 7.37 Å². The summed E-state index contributed by atoms with van der Waals surface area (Å²) in [6, 6.07) is 25.0. The number of Topliss-reactive ketones (excluding diaryl/α,β-unsaturated/α-hetero) is 1. The van der Waals surface area contributed by atoms with E-state index in [0.717, 1.165) is 0 Å². The summed E-state index contributed by atoms with van der Waals surface area (Å²) in [4.78, 5) is 11.4. The van der Waals surface area contributed by atoms with Crippen molar-refractivity contribution in [2.75, 3.05) is 0 Å². The second-order valence-electron chi connectivity index (χ2n) is 5.39. The SMILES string of the molecule is CC(=O)c1ccc(OP(=O)(c2ccccc2)c2ccccc2)cc1. The zero-order valence-corrected chi connectivity index (χ0v) is 14.1. The Labute approximate surface area is 141 Å². The third-order valence-electron chi connectivity index (χ3n) is 3.69. The molecule has 0 spiro atoms. The predicted octanol–water partition coefficient (Wildman–Crippen LogP) is 4.20. The van der Waals surface area contributed by atoms with E-state index in [2.05, 4.69) is 0 Å². The van der Waals surface area contributed by atoms with Crippen molar-refractivity contribution in [1.29, 1.82) is 0 Å². The summed E-state index contributed by atoms with van der Waals surface area (Å²) in [6.45, 7) is 1.51. The number of benzene rings is 3. The highest BCUT2D eigenvalue weighted by Crippen LogP contribution is 2.45. The van der Waals surface area contributed by atoms with Gasteiger partial charge in [-0.05, 0) is 55.5 Å². The van der Waals surface area contributed by atoms with Gasteiger partial charge in [0.05, 0.1) is 10.6 Å². The number of ketones is 1. The molecule has 0 unspecified atom stereocenters. The molecule has 24 heavy (non-hydrogen) atoms. The average Bonchev–Trinajstić information content (AvgIpc) is 2.63. The van der Waals surface area contributed by atoms with Crippen LogP contribution in [-0.4, -0.2) is 5.78 Å². The molecule has 4 heteroatoms. The van der Waals surface area contributed by atoms with Crippen LogP contribution in [0.3, 0.4) is 0 Å². The van der Waals surface area contributed by atoms with E-state index in [-0.39, 0.29) is 5.78 Å². The first-order valence-corrected chi connectivity index (χ1v) is 9.24. The third kappa shape index (κ3) is 3.32. The van der Waals surface area contributed by atoms with Crippen LogP contribution in [0.25, 0.3) is 0 Å². The molecule has 0 amide bonds. The van der Waals surface area contributed by atoms with Crippen molar-refractivity contribution in [3.63, 3.8) is 0 Å². The maximum absolute atomic E-state index is 13.7. The molecule has 0 aliphatic rings. The van der Waals surface area contributed by atoms with Crippen LogP contribution in [0.2, 0.25) is 0 Å². The Morgan fingerprint density at radius 2 is 1.21 bits per heavy atom. The lowest BCUT2D eigenvalue weighted by atomic mass is 10.1. The smallest absolute Gasteiger partial charge is 0.306 e. The molecule has 3 rings (SSSR count). The fraction of sp³-hybridized carbons (Fsp3) is 0.0500. The number of carbonyl (C=O) groups is 1. The van der Waals surface area contributed by atoms with Crippen molar-refractivity contribution >= 4 is 23.8 Å². The van der Waals surface area contributed by atoms with Gasteiger partial charge in [-0.2, -0.15) is 0 Å². The van der Waals surface area contributed by atoms with Gasteiger partial charge < -0.3 is 4.52 Å². The maximum Gasteiger partial charge on any atom is 0.306 e. The van der Waals surface area contributed by atoms with Crippen LogP contribution in [-0.2, 0) is 4.57 Å². The second kappa shape index (κ2) is 6.86. The molecule has 0 radical (unpaired) electrons. The van der Waals surface area contributed by atoms with Crippen molar-refractivity contribution in [2.45, 2.75) is 6.92 Å². The Hall–Kier alpha value is -2.64. The molecule has 0 N–H and O–H groups in total. The third-order valence-corrected chi connectivity index (χ3v) is 6.11. The summed E-state index contributed by atoms with van der Waals surface area (Å²) in [5.74, 6) is 0.451. The fourth-order valence-corrected chi connectivity index (χ4v) is 4.46. The van der Waals surface area contributed by atoms with Gasteiger partial charge in [0.1, 0.15) is 5.75 Å². The van der Waals surface area contributed by atoms with Crippen LogP contribution in [0.5, 0.6) is 5.75 Å². The van der Waals surface area contributed by atoms with Crippen molar-refractivity contribution in [1.82, 2.24) is 0 Å². The molecule has 0 saturated carbocycles. The molecule has 3 nitrogen and oxygen atoms in total. The normalized spacial score (nSPS) is 11.0. The lowest BCUT2D eigenvalue weighted by molar-refractivity contribution is 0.101. The fourth-order valence-electron chi connectivity index (χ4n) is 2.40. The summed E-state index contributed by atoms with van der Waals surface area (Å²) in [5, 5.41) is 1.26. The van der Waals surface area contributed by atoms with Crippen LogP contribution in [0.15, 0.2) is 84.9 Å². The Kier molecular flexibility index (Phi) is 4.64. The van der Waals surface area contributed by atoms with Gasteiger partial charge in [0.15, 0.2) is 5.78 Å². The molecule has 0 heterocycles. The van der Waals surface area contributed by atoms with E-state index in [1.165, 1.54) is 6.92 Å². The van der Waals surface area contributed by atoms with Crippen LogP contribution < -0.4 is 15.1 Å². The molecule has 0 aliphatic heterocycles. The van der Waals surface area contributed by atoms with Crippen molar-refractivity contribution in [2.24, 2.45) is 0 Å². The number of hydrogen-bond acceptors (Lipinski definition) is 3. The van der Waals surface area contributed by atoms with E-state index < -0.39 is 7.37 Å². The average molecular weight is 336 g/mol. The second-order valence-corrected chi connectivity index (χ2v) is 7.71. The zero-order valence-electron chi connectivity index (χ0n) is 13.3. The standard InChI is InChI=1S/C20H17O3P/c1-16(21)17-12-14-18(15-13-17)23-24(22,19-8-4-2-5-9-19)20-10-6-3-7-11-20/h2-15H,1H3. The van der Waals surface area contributed by atoms with Gasteiger partial charge in [-0.15, -0.1) is 0 Å². The van der Waals surface area contributed by atoms with E-state index in [0.29, 0.717) is 21.9 Å². The molecule has 0 aliphatic carbocycles. The first-order chi connectivity index (χ1) is 11.6. The molecule has 0 fully saturated rings.